The van der Waals surface area contributed by atoms with Crippen LogP contribution in [0.2, 0.25) is 0 Å². The number of H-pyrrole nitrogens is 1. The minimum atomic E-state index is 0.400. The van der Waals surface area contributed by atoms with Gasteiger partial charge in [-0.3, -0.25) is 0 Å². The number of rotatable bonds is 2. The summed E-state index contributed by atoms with van der Waals surface area (Å²) in [4.78, 5) is 13.6. The number of thiazole rings is 1. The number of hydrogen-bond donors (Lipinski definition) is 1. The summed E-state index contributed by atoms with van der Waals surface area (Å²) in [6.07, 6.45) is 3.66. The lowest BCUT2D eigenvalue weighted by molar-refractivity contribution is 0.873. The smallest absolute Gasteiger partial charge is 0.158 e. The van der Waals surface area contributed by atoms with Gasteiger partial charge in [0.25, 0.3) is 0 Å². The van der Waals surface area contributed by atoms with Gasteiger partial charge in [-0.15, -0.1) is 11.3 Å². The highest BCUT2D eigenvalue weighted by Crippen LogP contribution is 2.38. The Morgan fingerprint density at radius 2 is 2.00 bits per heavy atom. The third kappa shape index (κ3) is 1.73. The molecule has 0 amide bonds. The zero-order valence-corrected chi connectivity index (χ0v) is 13.8. The Balaban J connectivity index is 2.08. The summed E-state index contributed by atoms with van der Waals surface area (Å²) in [5.74, 6) is 0.400. The second-order valence-electron chi connectivity index (χ2n) is 5.92. The van der Waals surface area contributed by atoms with Crippen molar-refractivity contribution < 1.29 is 0 Å². The maximum atomic E-state index is 4.54. The van der Waals surface area contributed by atoms with Crippen LogP contribution in [0, 0.1) is 13.8 Å². The van der Waals surface area contributed by atoms with Gasteiger partial charge in [0.15, 0.2) is 5.65 Å². The van der Waals surface area contributed by atoms with Crippen LogP contribution in [0.1, 0.15) is 36.5 Å². The van der Waals surface area contributed by atoms with Gasteiger partial charge in [-0.1, -0.05) is 13.8 Å². The largest absolute Gasteiger partial charge is 0.345 e. The van der Waals surface area contributed by atoms with E-state index < -0.39 is 0 Å². The van der Waals surface area contributed by atoms with Gasteiger partial charge in [-0.25, -0.2) is 14.5 Å². The molecule has 0 fully saturated rings. The first-order valence-electron chi connectivity index (χ1n) is 7.33. The second kappa shape index (κ2) is 4.64. The molecule has 1 N–H and O–H groups in total. The molecule has 112 valence electrons. The molecule has 4 rings (SSSR count). The number of aromatic nitrogens is 5. The molecule has 4 aromatic rings. The maximum Gasteiger partial charge on any atom is 0.158 e. The predicted molar refractivity (Wildman–Crippen MR) is 89.5 cm³/mol. The van der Waals surface area contributed by atoms with E-state index in [4.69, 9.17) is 0 Å². The van der Waals surface area contributed by atoms with E-state index >= 15 is 0 Å². The number of aromatic amines is 1. The highest BCUT2D eigenvalue weighted by molar-refractivity contribution is 7.16. The predicted octanol–water partition coefficient (Wildman–Crippen LogP) is 4.07. The molecule has 5 nitrogen and oxygen atoms in total. The van der Waals surface area contributed by atoms with E-state index in [0.717, 1.165) is 27.3 Å². The number of pyridine rings is 1. The quantitative estimate of drug-likeness (QED) is 0.607. The summed E-state index contributed by atoms with van der Waals surface area (Å²) in [6.45, 7) is 8.66. The van der Waals surface area contributed by atoms with Crippen LogP contribution in [0.4, 0.5) is 0 Å². The molecule has 0 aliphatic heterocycles. The Bertz CT molecular complexity index is 989. The zero-order chi connectivity index (χ0) is 15.4. The van der Waals surface area contributed by atoms with E-state index in [1.165, 1.54) is 16.7 Å². The molecule has 0 spiro atoms. The molecule has 0 aromatic carbocycles. The normalized spacial score (nSPS) is 12.0. The fourth-order valence-electron chi connectivity index (χ4n) is 3.05. The van der Waals surface area contributed by atoms with Gasteiger partial charge in [0.05, 0.1) is 11.2 Å². The highest BCUT2D eigenvalue weighted by Gasteiger charge is 2.21. The van der Waals surface area contributed by atoms with Crippen LogP contribution in [0.3, 0.4) is 0 Å². The monoisotopic (exact) mass is 311 g/mol. The third-order valence-electron chi connectivity index (χ3n) is 4.30. The van der Waals surface area contributed by atoms with Gasteiger partial charge in [0, 0.05) is 17.3 Å². The number of fused-ring (bicyclic) bond motifs is 2. The molecule has 0 radical (unpaired) electrons. The van der Waals surface area contributed by atoms with Crippen molar-refractivity contribution in [1.29, 1.82) is 0 Å². The summed E-state index contributed by atoms with van der Waals surface area (Å²) < 4.78 is 1.85. The van der Waals surface area contributed by atoms with Gasteiger partial charge < -0.3 is 4.98 Å². The molecule has 0 saturated carbocycles. The van der Waals surface area contributed by atoms with Gasteiger partial charge in [-0.2, -0.15) is 5.10 Å². The van der Waals surface area contributed by atoms with Crippen LogP contribution < -0.4 is 0 Å². The molecule has 6 heteroatoms. The lowest BCUT2D eigenvalue weighted by Crippen LogP contribution is -1.99. The summed E-state index contributed by atoms with van der Waals surface area (Å²) >= 11 is 1.65. The van der Waals surface area contributed by atoms with Crippen molar-refractivity contribution in [2.24, 2.45) is 0 Å². The lowest BCUT2D eigenvalue weighted by atomic mass is 9.96. The van der Waals surface area contributed by atoms with Crippen LogP contribution in [0.5, 0.6) is 0 Å². The highest BCUT2D eigenvalue weighted by atomic mass is 32.1. The van der Waals surface area contributed by atoms with Crippen molar-refractivity contribution >= 4 is 27.3 Å². The molecular formula is C16H17N5S. The standard InChI is InChI=1S/C16H17N5S/c1-8(2)12-13(20-16-14(12)18-7-22-16)11-5-21-15(17-6-19-21)10(4)9(11)3/h5-8,20H,1-4H3. The zero-order valence-electron chi connectivity index (χ0n) is 13.0. The number of nitrogens with one attached hydrogen (secondary N) is 1. The molecule has 0 aliphatic carbocycles. The Morgan fingerprint density at radius 3 is 2.77 bits per heavy atom. The average Bonchev–Trinajstić information content (AvgIpc) is 3.15. The first-order valence-corrected chi connectivity index (χ1v) is 8.21. The SMILES string of the molecule is Cc1c(-c2[nH]c3scnc3c2C(C)C)cn2ncnc2c1C. The molecule has 4 heterocycles. The fourth-order valence-corrected chi connectivity index (χ4v) is 3.75. The van der Waals surface area contributed by atoms with Crippen molar-refractivity contribution in [2.75, 3.05) is 0 Å². The molecule has 0 bridgehead atoms. The van der Waals surface area contributed by atoms with Crippen LogP contribution >= 0.6 is 11.3 Å². The minimum Gasteiger partial charge on any atom is -0.345 e. The molecule has 0 atom stereocenters. The molecule has 0 saturated heterocycles. The maximum absolute atomic E-state index is 4.54. The first kappa shape index (κ1) is 13.5. The minimum absolute atomic E-state index is 0.400. The van der Waals surface area contributed by atoms with Crippen LogP contribution in [0.15, 0.2) is 18.0 Å². The van der Waals surface area contributed by atoms with Crippen molar-refractivity contribution in [2.45, 2.75) is 33.6 Å². The topological polar surface area (TPSA) is 58.9 Å². The van der Waals surface area contributed by atoms with E-state index in [1.807, 2.05) is 10.0 Å². The van der Waals surface area contributed by atoms with Gasteiger partial charge in [0.2, 0.25) is 0 Å². The Morgan fingerprint density at radius 1 is 1.18 bits per heavy atom. The Kier molecular flexibility index (Phi) is 2.84. The lowest BCUT2D eigenvalue weighted by Gasteiger charge is -2.12. The van der Waals surface area contributed by atoms with Crippen LogP contribution in [-0.2, 0) is 0 Å². The fraction of sp³-hybridized carbons (Fsp3) is 0.312. The Hall–Kier alpha value is -2.21. The van der Waals surface area contributed by atoms with Crippen LogP contribution in [0.25, 0.3) is 27.3 Å². The molecule has 0 aliphatic rings. The van der Waals surface area contributed by atoms with E-state index in [-0.39, 0.29) is 0 Å². The second-order valence-corrected chi connectivity index (χ2v) is 6.77. The van der Waals surface area contributed by atoms with Crippen molar-refractivity contribution in [1.82, 2.24) is 24.6 Å². The molecular weight excluding hydrogens is 294 g/mol. The molecule has 4 aromatic heterocycles. The van der Waals surface area contributed by atoms with E-state index in [2.05, 4.69) is 53.9 Å². The van der Waals surface area contributed by atoms with Crippen molar-refractivity contribution in [3.63, 3.8) is 0 Å². The first-order chi connectivity index (χ1) is 10.6. The molecule has 0 unspecified atom stereocenters. The summed E-state index contributed by atoms with van der Waals surface area (Å²) in [5.41, 5.74) is 9.90. The van der Waals surface area contributed by atoms with Gasteiger partial charge >= 0.3 is 0 Å². The number of nitrogens with zero attached hydrogens (tertiary/aromatic N) is 4. The summed E-state index contributed by atoms with van der Waals surface area (Å²) in [5, 5.41) is 4.30. The van der Waals surface area contributed by atoms with Gasteiger partial charge in [0.1, 0.15) is 16.7 Å². The van der Waals surface area contributed by atoms with Crippen molar-refractivity contribution in [3.8, 4) is 11.3 Å². The van der Waals surface area contributed by atoms with E-state index in [0.29, 0.717) is 5.92 Å². The third-order valence-corrected chi connectivity index (χ3v) is 5.05. The van der Waals surface area contributed by atoms with Crippen LogP contribution in [-0.4, -0.2) is 24.6 Å². The van der Waals surface area contributed by atoms with E-state index in [1.54, 1.807) is 17.7 Å². The van der Waals surface area contributed by atoms with Crippen molar-refractivity contribution in [3.05, 3.63) is 34.7 Å². The number of aryl methyl sites for hydroxylation is 1. The van der Waals surface area contributed by atoms with E-state index in [9.17, 15) is 0 Å². The summed E-state index contributed by atoms with van der Waals surface area (Å²) in [7, 11) is 0. The molecule has 22 heavy (non-hydrogen) atoms. The summed E-state index contributed by atoms with van der Waals surface area (Å²) in [6, 6.07) is 0. The average molecular weight is 311 g/mol. The Labute approximate surface area is 132 Å². The number of hydrogen-bond acceptors (Lipinski definition) is 4. The van der Waals surface area contributed by atoms with Gasteiger partial charge in [-0.05, 0) is 30.9 Å².